The van der Waals surface area contributed by atoms with Crippen LogP contribution in [0.15, 0.2) is 48.5 Å². The SMILES string of the molecule is COc1cccc(C2(C)NC(=O)N(CC(O)c3ccccc3Cl)C2=O)c1. The lowest BCUT2D eigenvalue weighted by Gasteiger charge is -2.23. The Labute approximate surface area is 156 Å². The fourth-order valence-corrected chi connectivity index (χ4v) is 3.27. The third kappa shape index (κ3) is 3.13. The lowest BCUT2D eigenvalue weighted by molar-refractivity contribution is -0.132. The quantitative estimate of drug-likeness (QED) is 0.789. The molecule has 2 unspecified atom stereocenters. The van der Waals surface area contributed by atoms with Crippen LogP contribution in [0.1, 0.15) is 24.2 Å². The van der Waals surface area contributed by atoms with Crippen molar-refractivity contribution in [2.45, 2.75) is 18.6 Å². The molecule has 0 saturated carbocycles. The number of urea groups is 1. The van der Waals surface area contributed by atoms with Crippen LogP contribution in [0.2, 0.25) is 5.02 Å². The summed E-state index contributed by atoms with van der Waals surface area (Å²) in [6.45, 7) is 1.44. The van der Waals surface area contributed by atoms with Crippen molar-refractivity contribution in [2.75, 3.05) is 13.7 Å². The van der Waals surface area contributed by atoms with Gasteiger partial charge in [0.2, 0.25) is 0 Å². The number of methoxy groups -OCH3 is 1. The molecular formula is C19H19ClN2O4. The van der Waals surface area contributed by atoms with E-state index in [9.17, 15) is 14.7 Å². The molecule has 1 saturated heterocycles. The van der Waals surface area contributed by atoms with Crippen LogP contribution in [0.4, 0.5) is 4.79 Å². The molecular weight excluding hydrogens is 356 g/mol. The number of halogens is 1. The van der Waals surface area contributed by atoms with Crippen LogP contribution in [0.3, 0.4) is 0 Å². The number of nitrogens with one attached hydrogen (secondary N) is 1. The number of rotatable bonds is 5. The standard InChI is InChI=1S/C19H19ClN2O4/c1-19(12-6-5-7-13(10-12)26-2)17(24)22(18(25)21-19)11-16(23)14-8-3-4-9-15(14)20/h3-10,16,23H,11H2,1-2H3,(H,21,25). The molecule has 0 aromatic heterocycles. The Hall–Kier alpha value is -2.57. The maximum Gasteiger partial charge on any atom is 0.325 e. The molecule has 26 heavy (non-hydrogen) atoms. The highest BCUT2D eigenvalue weighted by molar-refractivity contribution is 6.31. The number of hydrogen-bond acceptors (Lipinski definition) is 4. The maximum absolute atomic E-state index is 12.9. The molecule has 2 aromatic rings. The number of amides is 3. The molecule has 0 aliphatic carbocycles. The summed E-state index contributed by atoms with van der Waals surface area (Å²) in [5, 5.41) is 13.5. The smallest absolute Gasteiger partial charge is 0.325 e. The number of aliphatic hydroxyl groups is 1. The van der Waals surface area contributed by atoms with E-state index in [1.165, 1.54) is 7.11 Å². The first-order valence-corrected chi connectivity index (χ1v) is 8.45. The van der Waals surface area contributed by atoms with E-state index in [0.717, 1.165) is 4.90 Å². The lowest BCUT2D eigenvalue weighted by atomic mass is 9.92. The summed E-state index contributed by atoms with van der Waals surface area (Å²) >= 11 is 6.08. The Balaban J connectivity index is 1.85. The number of carbonyl (C=O) groups excluding carboxylic acids is 2. The van der Waals surface area contributed by atoms with E-state index in [2.05, 4.69) is 5.32 Å². The monoisotopic (exact) mass is 374 g/mol. The van der Waals surface area contributed by atoms with Crippen LogP contribution >= 0.6 is 11.6 Å². The highest BCUT2D eigenvalue weighted by atomic mass is 35.5. The topological polar surface area (TPSA) is 78.9 Å². The molecule has 2 atom stereocenters. The predicted molar refractivity (Wildman–Crippen MR) is 97.0 cm³/mol. The minimum Gasteiger partial charge on any atom is -0.497 e. The summed E-state index contributed by atoms with van der Waals surface area (Å²) in [6, 6.07) is 13.2. The van der Waals surface area contributed by atoms with Gasteiger partial charge in [0.15, 0.2) is 0 Å². The van der Waals surface area contributed by atoms with E-state index in [1.54, 1.807) is 55.5 Å². The number of imide groups is 1. The van der Waals surface area contributed by atoms with Gasteiger partial charge in [0.1, 0.15) is 11.3 Å². The molecule has 1 heterocycles. The summed E-state index contributed by atoms with van der Waals surface area (Å²) < 4.78 is 5.19. The number of carbonyl (C=O) groups is 2. The zero-order chi connectivity index (χ0) is 18.9. The van der Waals surface area contributed by atoms with Crippen molar-refractivity contribution in [1.82, 2.24) is 10.2 Å². The van der Waals surface area contributed by atoms with Crippen LogP contribution in [0.25, 0.3) is 0 Å². The van der Waals surface area contributed by atoms with Gasteiger partial charge in [-0.25, -0.2) is 4.79 Å². The zero-order valence-corrected chi connectivity index (χ0v) is 15.2. The molecule has 1 aliphatic heterocycles. The van der Waals surface area contributed by atoms with E-state index >= 15 is 0 Å². The highest BCUT2D eigenvalue weighted by Gasteiger charge is 2.49. The third-order valence-corrected chi connectivity index (χ3v) is 4.89. The minimum absolute atomic E-state index is 0.187. The van der Waals surface area contributed by atoms with E-state index < -0.39 is 23.6 Å². The van der Waals surface area contributed by atoms with Crippen molar-refractivity contribution in [3.63, 3.8) is 0 Å². The molecule has 0 bridgehead atoms. The van der Waals surface area contributed by atoms with Crippen LogP contribution < -0.4 is 10.1 Å². The van der Waals surface area contributed by atoms with Gasteiger partial charge in [0.05, 0.1) is 19.8 Å². The number of ether oxygens (including phenoxy) is 1. The first-order valence-electron chi connectivity index (χ1n) is 8.08. The molecule has 1 fully saturated rings. The molecule has 6 nitrogen and oxygen atoms in total. The average molecular weight is 375 g/mol. The Morgan fingerprint density at radius 3 is 2.65 bits per heavy atom. The van der Waals surface area contributed by atoms with E-state index in [4.69, 9.17) is 16.3 Å². The predicted octanol–water partition coefficient (Wildman–Crippen LogP) is 2.85. The molecule has 3 amide bonds. The first-order chi connectivity index (χ1) is 12.4. The number of aliphatic hydroxyl groups excluding tert-OH is 1. The van der Waals surface area contributed by atoms with Gasteiger partial charge in [-0.3, -0.25) is 9.69 Å². The number of nitrogens with zero attached hydrogens (tertiary/aromatic N) is 1. The third-order valence-electron chi connectivity index (χ3n) is 4.54. The van der Waals surface area contributed by atoms with Crippen LogP contribution in [-0.4, -0.2) is 35.6 Å². The molecule has 136 valence electrons. The van der Waals surface area contributed by atoms with E-state index in [-0.39, 0.29) is 6.54 Å². The van der Waals surface area contributed by atoms with Crippen molar-refractivity contribution >= 4 is 23.5 Å². The molecule has 2 aromatic carbocycles. The van der Waals surface area contributed by atoms with Gasteiger partial charge in [-0.2, -0.15) is 0 Å². The number of β-amino-alcohol motifs (C(OH)–C–C–N with tert-alkyl or cyclic N) is 1. The summed E-state index contributed by atoms with van der Waals surface area (Å²) in [7, 11) is 1.53. The Kier molecular flexibility index (Phi) is 4.89. The minimum atomic E-state index is -1.23. The Morgan fingerprint density at radius 2 is 1.96 bits per heavy atom. The Morgan fingerprint density at radius 1 is 1.23 bits per heavy atom. The van der Waals surface area contributed by atoms with Gasteiger partial charge in [-0.15, -0.1) is 0 Å². The molecule has 7 heteroatoms. The number of benzene rings is 2. The van der Waals surface area contributed by atoms with Crippen molar-refractivity contribution in [1.29, 1.82) is 0 Å². The summed E-state index contributed by atoms with van der Waals surface area (Å²) in [5.74, 6) is 0.141. The van der Waals surface area contributed by atoms with Gasteiger partial charge in [-0.1, -0.05) is 41.9 Å². The van der Waals surface area contributed by atoms with Crippen LogP contribution in [0, 0.1) is 0 Å². The largest absolute Gasteiger partial charge is 0.497 e. The second kappa shape index (κ2) is 6.97. The molecule has 2 N–H and O–H groups in total. The second-order valence-electron chi connectivity index (χ2n) is 6.24. The van der Waals surface area contributed by atoms with Gasteiger partial charge >= 0.3 is 6.03 Å². The molecule has 0 radical (unpaired) electrons. The summed E-state index contributed by atoms with van der Waals surface area (Å²) in [5.41, 5.74) is -0.166. The van der Waals surface area contributed by atoms with Gasteiger partial charge < -0.3 is 15.2 Å². The normalized spacial score (nSPS) is 20.8. The fraction of sp³-hybridized carbons (Fsp3) is 0.263. The fourth-order valence-electron chi connectivity index (χ4n) is 3.01. The lowest BCUT2D eigenvalue weighted by Crippen LogP contribution is -2.41. The van der Waals surface area contributed by atoms with Gasteiger partial charge in [-0.05, 0) is 30.7 Å². The summed E-state index contributed by atoms with van der Waals surface area (Å²) in [6.07, 6.45) is -1.08. The Bertz CT molecular complexity index is 857. The van der Waals surface area contributed by atoms with Crippen molar-refractivity contribution in [2.24, 2.45) is 0 Å². The van der Waals surface area contributed by atoms with Crippen LogP contribution in [-0.2, 0) is 10.3 Å². The second-order valence-corrected chi connectivity index (χ2v) is 6.65. The summed E-state index contributed by atoms with van der Waals surface area (Å²) in [4.78, 5) is 26.4. The van der Waals surface area contributed by atoms with Crippen molar-refractivity contribution in [3.05, 3.63) is 64.7 Å². The van der Waals surface area contributed by atoms with E-state index in [0.29, 0.717) is 21.9 Å². The van der Waals surface area contributed by atoms with Crippen molar-refractivity contribution in [3.8, 4) is 5.75 Å². The zero-order valence-electron chi connectivity index (χ0n) is 14.4. The van der Waals surface area contributed by atoms with Crippen LogP contribution in [0.5, 0.6) is 5.75 Å². The number of hydrogen-bond donors (Lipinski definition) is 2. The van der Waals surface area contributed by atoms with Gasteiger partial charge in [0.25, 0.3) is 5.91 Å². The molecule has 0 spiro atoms. The highest BCUT2D eigenvalue weighted by Crippen LogP contribution is 2.32. The molecule has 3 rings (SSSR count). The average Bonchev–Trinajstić information content (AvgIpc) is 2.86. The van der Waals surface area contributed by atoms with Gasteiger partial charge in [0, 0.05) is 10.6 Å². The van der Waals surface area contributed by atoms with E-state index in [1.807, 2.05) is 0 Å². The van der Waals surface area contributed by atoms with Crippen molar-refractivity contribution < 1.29 is 19.4 Å². The molecule has 1 aliphatic rings. The maximum atomic E-state index is 12.9. The first kappa shape index (κ1) is 18.2.